The Kier molecular flexibility index (Phi) is 4.50. The van der Waals surface area contributed by atoms with Crippen molar-refractivity contribution in [2.24, 2.45) is 10.9 Å². The zero-order chi connectivity index (χ0) is 15.2. The van der Waals surface area contributed by atoms with Crippen molar-refractivity contribution in [1.82, 2.24) is 0 Å². The van der Waals surface area contributed by atoms with Crippen LogP contribution >= 0.6 is 0 Å². The summed E-state index contributed by atoms with van der Waals surface area (Å²) < 4.78 is 12.7. The maximum absolute atomic E-state index is 12.7. The molecule has 0 aromatic heterocycles. The fourth-order valence-corrected chi connectivity index (χ4v) is 1.62. The molecule has 108 valence electrons. The van der Waals surface area contributed by atoms with Gasteiger partial charge >= 0.3 is 5.97 Å². The summed E-state index contributed by atoms with van der Waals surface area (Å²) in [6.07, 6.45) is 0. The molecule has 0 saturated carbocycles. The highest BCUT2D eigenvalue weighted by Crippen LogP contribution is 2.07. The fraction of sp³-hybridized carbons (Fsp3) is 0.0667. The molecule has 2 aromatic carbocycles. The summed E-state index contributed by atoms with van der Waals surface area (Å²) in [5.74, 6) is -1.30. The average molecular weight is 288 g/mol. The van der Waals surface area contributed by atoms with E-state index >= 15 is 0 Å². The zero-order valence-corrected chi connectivity index (χ0v) is 11.0. The summed E-state index contributed by atoms with van der Waals surface area (Å²) in [5, 5.41) is 12.6. The van der Waals surface area contributed by atoms with Crippen molar-refractivity contribution < 1.29 is 19.1 Å². The van der Waals surface area contributed by atoms with E-state index in [0.29, 0.717) is 5.56 Å². The lowest BCUT2D eigenvalue weighted by Gasteiger charge is -2.03. The minimum absolute atomic E-state index is 0.0696. The molecule has 0 heterocycles. The van der Waals surface area contributed by atoms with Gasteiger partial charge in [-0.05, 0) is 29.8 Å². The normalized spacial score (nSPS) is 11.2. The lowest BCUT2D eigenvalue weighted by atomic mass is 10.1. The molecule has 0 unspecified atom stereocenters. The van der Waals surface area contributed by atoms with Gasteiger partial charge in [0.2, 0.25) is 0 Å². The molecule has 0 aliphatic rings. The molecule has 0 aliphatic carbocycles. The lowest BCUT2D eigenvalue weighted by molar-refractivity contribution is 0.0697. The topological polar surface area (TPSA) is 84.9 Å². The van der Waals surface area contributed by atoms with Crippen LogP contribution in [-0.2, 0) is 11.4 Å². The van der Waals surface area contributed by atoms with E-state index in [9.17, 15) is 9.18 Å². The van der Waals surface area contributed by atoms with Crippen molar-refractivity contribution in [1.29, 1.82) is 0 Å². The van der Waals surface area contributed by atoms with Gasteiger partial charge < -0.3 is 15.7 Å². The van der Waals surface area contributed by atoms with Crippen molar-refractivity contribution in [3.05, 3.63) is 71.0 Å². The highest BCUT2D eigenvalue weighted by atomic mass is 19.1. The zero-order valence-electron chi connectivity index (χ0n) is 11.0. The first-order valence-electron chi connectivity index (χ1n) is 6.10. The van der Waals surface area contributed by atoms with Crippen molar-refractivity contribution in [3.63, 3.8) is 0 Å². The van der Waals surface area contributed by atoms with Gasteiger partial charge in [0.05, 0.1) is 5.56 Å². The quantitative estimate of drug-likeness (QED) is 0.502. The number of benzene rings is 2. The smallest absolute Gasteiger partial charge is 0.335 e. The molecule has 0 spiro atoms. The van der Waals surface area contributed by atoms with Gasteiger partial charge in [-0.1, -0.05) is 29.4 Å². The molecule has 0 fully saturated rings. The second-order valence-electron chi connectivity index (χ2n) is 4.26. The van der Waals surface area contributed by atoms with Gasteiger partial charge in [0.1, 0.15) is 12.4 Å². The summed E-state index contributed by atoms with van der Waals surface area (Å²) in [4.78, 5) is 15.9. The number of nitrogens with zero attached hydrogens (tertiary/aromatic N) is 1. The minimum Gasteiger partial charge on any atom is -0.478 e. The highest BCUT2D eigenvalue weighted by Gasteiger charge is 2.06. The van der Waals surface area contributed by atoms with Crippen LogP contribution in [0.3, 0.4) is 0 Å². The van der Waals surface area contributed by atoms with E-state index in [2.05, 4.69) is 5.16 Å². The second kappa shape index (κ2) is 6.51. The molecular weight excluding hydrogens is 275 g/mol. The molecule has 2 aromatic rings. The van der Waals surface area contributed by atoms with Gasteiger partial charge in [-0.25, -0.2) is 9.18 Å². The number of hydrogen-bond acceptors (Lipinski definition) is 3. The molecule has 0 bridgehead atoms. The number of amidine groups is 1. The van der Waals surface area contributed by atoms with Crippen LogP contribution in [0.4, 0.5) is 4.39 Å². The molecule has 0 saturated heterocycles. The number of rotatable bonds is 5. The number of halogens is 1. The van der Waals surface area contributed by atoms with Crippen LogP contribution in [0.15, 0.2) is 53.7 Å². The number of nitrogens with two attached hydrogens (primary N) is 1. The monoisotopic (exact) mass is 288 g/mol. The summed E-state index contributed by atoms with van der Waals surface area (Å²) in [6.45, 7) is 0.138. The van der Waals surface area contributed by atoms with Crippen LogP contribution in [0.25, 0.3) is 0 Å². The lowest BCUT2D eigenvalue weighted by Crippen LogP contribution is -2.14. The van der Waals surface area contributed by atoms with Crippen LogP contribution in [-0.4, -0.2) is 16.9 Å². The Morgan fingerprint density at radius 2 is 1.86 bits per heavy atom. The number of carboxylic acids is 1. The van der Waals surface area contributed by atoms with Crippen molar-refractivity contribution in [3.8, 4) is 0 Å². The molecule has 2 rings (SSSR count). The van der Waals surface area contributed by atoms with Crippen LogP contribution in [0.2, 0.25) is 0 Å². The SMILES string of the molecule is N/C(=N\OCc1ccc(F)cc1)c1cccc(C(=O)O)c1. The third-order valence-electron chi connectivity index (χ3n) is 2.71. The third kappa shape index (κ3) is 4.04. The summed E-state index contributed by atoms with van der Waals surface area (Å²) >= 11 is 0. The van der Waals surface area contributed by atoms with E-state index in [1.807, 2.05) is 0 Å². The maximum atomic E-state index is 12.7. The molecule has 6 heteroatoms. The van der Waals surface area contributed by atoms with E-state index in [-0.39, 0.29) is 23.8 Å². The number of carbonyl (C=O) groups is 1. The van der Waals surface area contributed by atoms with Crippen molar-refractivity contribution >= 4 is 11.8 Å². The number of hydrogen-bond donors (Lipinski definition) is 2. The van der Waals surface area contributed by atoms with Crippen LogP contribution in [0.1, 0.15) is 21.5 Å². The summed E-state index contributed by atoms with van der Waals surface area (Å²) in [5.41, 5.74) is 7.03. The predicted octanol–water partition coefficient (Wildman–Crippen LogP) is 2.36. The standard InChI is InChI=1S/C15H13FN2O3/c16-13-6-4-10(5-7-13)9-21-18-14(17)11-2-1-3-12(8-11)15(19)20/h1-8H,9H2,(H2,17,18)(H,19,20). The summed E-state index contributed by atoms with van der Waals surface area (Å²) in [7, 11) is 0. The molecule has 5 nitrogen and oxygen atoms in total. The number of aromatic carboxylic acids is 1. The van der Waals surface area contributed by atoms with Crippen molar-refractivity contribution in [2.45, 2.75) is 6.61 Å². The Bertz CT molecular complexity index is 669. The Morgan fingerprint density at radius 1 is 1.19 bits per heavy atom. The summed E-state index contributed by atoms with van der Waals surface area (Å²) in [6, 6.07) is 11.9. The fourth-order valence-electron chi connectivity index (χ4n) is 1.62. The molecule has 0 atom stereocenters. The van der Waals surface area contributed by atoms with E-state index in [0.717, 1.165) is 5.56 Å². The Hall–Kier alpha value is -2.89. The van der Waals surface area contributed by atoms with Gasteiger partial charge in [0.15, 0.2) is 5.84 Å². The highest BCUT2D eigenvalue weighted by molar-refractivity contribution is 5.99. The Morgan fingerprint density at radius 3 is 2.52 bits per heavy atom. The van der Waals surface area contributed by atoms with E-state index in [1.165, 1.54) is 24.3 Å². The second-order valence-corrected chi connectivity index (χ2v) is 4.26. The van der Waals surface area contributed by atoms with E-state index < -0.39 is 5.97 Å². The minimum atomic E-state index is -1.04. The third-order valence-corrected chi connectivity index (χ3v) is 2.71. The number of oxime groups is 1. The molecule has 0 aliphatic heterocycles. The molecule has 3 N–H and O–H groups in total. The Labute approximate surface area is 120 Å². The number of carboxylic acid groups (broad SMARTS) is 1. The largest absolute Gasteiger partial charge is 0.478 e. The van der Waals surface area contributed by atoms with Crippen LogP contribution < -0.4 is 5.73 Å². The predicted molar refractivity (Wildman–Crippen MR) is 75.3 cm³/mol. The molecule has 21 heavy (non-hydrogen) atoms. The van der Waals surface area contributed by atoms with E-state index in [4.69, 9.17) is 15.7 Å². The molecule has 0 radical (unpaired) electrons. The first-order valence-corrected chi connectivity index (χ1v) is 6.10. The van der Waals surface area contributed by atoms with Gasteiger partial charge in [-0.2, -0.15) is 0 Å². The van der Waals surface area contributed by atoms with Gasteiger partial charge in [-0.15, -0.1) is 0 Å². The van der Waals surface area contributed by atoms with Crippen LogP contribution in [0, 0.1) is 5.82 Å². The van der Waals surface area contributed by atoms with Crippen LogP contribution in [0.5, 0.6) is 0 Å². The van der Waals surface area contributed by atoms with E-state index in [1.54, 1.807) is 24.3 Å². The molecule has 0 amide bonds. The molecular formula is C15H13FN2O3. The first kappa shape index (κ1) is 14.5. The van der Waals surface area contributed by atoms with Gasteiger partial charge in [0, 0.05) is 5.56 Å². The van der Waals surface area contributed by atoms with Crippen molar-refractivity contribution in [2.75, 3.05) is 0 Å². The average Bonchev–Trinajstić information content (AvgIpc) is 2.49. The first-order chi connectivity index (χ1) is 10.1. The van der Waals surface area contributed by atoms with Gasteiger partial charge in [-0.3, -0.25) is 0 Å². The van der Waals surface area contributed by atoms with Gasteiger partial charge in [0.25, 0.3) is 0 Å². The Balaban J connectivity index is 2.02. The maximum Gasteiger partial charge on any atom is 0.335 e.